The summed E-state index contributed by atoms with van der Waals surface area (Å²) in [5.74, 6) is -0.582. The molecule has 0 saturated heterocycles. The Bertz CT molecular complexity index is 1080. The molecule has 0 aliphatic heterocycles. The van der Waals surface area contributed by atoms with Crippen molar-refractivity contribution in [3.63, 3.8) is 0 Å². The van der Waals surface area contributed by atoms with E-state index < -0.39 is 21.6 Å². The first-order valence-corrected chi connectivity index (χ1v) is 11.4. The molecule has 0 atom stereocenters. The highest BCUT2D eigenvalue weighted by Gasteiger charge is 2.17. The molecule has 152 valence electrons. The molecule has 1 aromatic heterocycles. The summed E-state index contributed by atoms with van der Waals surface area (Å²) >= 11 is 1.25. The number of thiazole rings is 1. The molecule has 0 saturated carbocycles. The van der Waals surface area contributed by atoms with Crippen molar-refractivity contribution in [3.05, 3.63) is 59.7 Å². The van der Waals surface area contributed by atoms with E-state index in [1.807, 2.05) is 31.2 Å². The van der Waals surface area contributed by atoms with Crippen LogP contribution in [0, 0.1) is 5.82 Å². The fourth-order valence-electron chi connectivity index (χ4n) is 2.52. The SMILES string of the molecule is CCOc1ccc(-c2csc(NC(=O)CCS(=O)(=O)c3ccc(F)cc3)n2)cc1. The van der Waals surface area contributed by atoms with E-state index >= 15 is 0 Å². The normalized spacial score (nSPS) is 11.2. The van der Waals surface area contributed by atoms with Gasteiger partial charge in [-0.25, -0.2) is 17.8 Å². The van der Waals surface area contributed by atoms with E-state index in [9.17, 15) is 17.6 Å². The molecule has 3 aromatic rings. The molecule has 0 aliphatic carbocycles. The zero-order valence-corrected chi connectivity index (χ0v) is 17.2. The number of nitrogens with one attached hydrogen (secondary N) is 1. The fourth-order valence-corrected chi connectivity index (χ4v) is 4.50. The highest BCUT2D eigenvalue weighted by molar-refractivity contribution is 7.91. The average molecular weight is 435 g/mol. The number of hydrogen-bond acceptors (Lipinski definition) is 6. The van der Waals surface area contributed by atoms with E-state index in [0.717, 1.165) is 23.4 Å². The van der Waals surface area contributed by atoms with Gasteiger partial charge in [0.15, 0.2) is 15.0 Å². The summed E-state index contributed by atoms with van der Waals surface area (Å²) in [5.41, 5.74) is 1.58. The van der Waals surface area contributed by atoms with Gasteiger partial charge in [-0.3, -0.25) is 4.79 Å². The third-order valence-corrected chi connectivity index (χ3v) is 6.47. The maximum atomic E-state index is 12.9. The Hall–Kier alpha value is -2.78. The standard InChI is InChI=1S/C20H19FN2O4S2/c1-2-27-16-7-3-14(4-8-16)18-13-28-20(22-18)23-19(24)11-12-29(25,26)17-9-5-15(21)6-10-17/h3-10,13H,2,11-12H2,1H3,(H,22,23,24). The van der Waals surface area contributed by atoms with Crippen LogP contribution >= 0.6 is 11.3 Å². The van der Waals surface area contributed by atoms with Gasteiger partial charge < -0.3 is 10.1 Å². The second kappa shape index (κ2) is 9.15. The van der Waals surface area contributed by atoms with Gasteiger partial charge in [-0.2, -0.15) is 0 Å². The molecule has 3 rings (SSSR count). The molecule has 1 heterocycles. The van der Waals surface area contributed by atoms with Crippen LogP contribution in [0.4, 0.5) is 9.52 Å². The summed E-state index contributed by atoms with van der Waals surface area (Å²) in [7, 11) is -3.67. The molecule has 0 bridgehead atoms. The van der Waals surface area contributed by atoms with E-state index in [2.05, 4.69) is 10.3 Å². The van der Waals surface area contributed by atoms with Crippen molar-refractivity contribution in [2.75, 3.05) is 17.7 Å². The summed E-state index contributed by atoms with van der Waals surface area (Å²) < 4.78 is 42.8. The van der Waals surface area contributed by atoms with Gasteiger partial charge in [-0.05, 0) is 55.5 Å². The molecule has 0 fully saturated rings. The molecule has 0 aliphatic rings. The number of benzene rings is 2. The first-order valence-electron chi connectivity index (χ1n) is 8.84. The number of carbonyl (C=O) groups is 1. The quantitative estimate of drug-likeness (QED) is 0.539. The minimum Gasteiger partial charge on any atom is -0.494 e. The predicted octanol–water partition coefficient (Wildman–Crippen LogP) is 4.15. The van der Waals surface area contributed by atoms with Crippen LogP contribution in [0.3, 0.4) is 0 Å². The number of hydrogen-bond donors (Lipinski definition) is 1. The van der Waals surface area contributed by atoms with Crippen molar-refractivity contribution in [2.24, 2.45) is 0 Å². The summed E-state index contributed by atoms with van der Waals surface area (Å²) in [4.78, 5) is 16.5. The molecule has 2 aromatic carbocycles. The van der Waals surface area contributed by atoms with Crippen LogP contribution in [0.2, 0.25) is 0 Å². The Labute approximate surface area is 172 Å². The second-order valence-electron chi connectivity index (χ2n) is 6.07. The first kappa shape index (κ1) is 20.9. The van der Waals surface area contributed by atoms with Gasteiger partial charge in [0, 0.05) is 17.4 Å². The van der Waals surface area contributed by atoms with E-state index in [1.165, 1.54) is 23.5 Å². The number of aromatic nitrogens is 1. The van der Waals surface area contributed by atoms with Gasteiger partial charge in [-0.15, -0.1) is 11.3 Å². The van der Waals surface area contributed by atoms with Crippen molar-refractivity contribution < 1.29 is 22.3 Å². The monoisotopic (exact) mass is 434 g/mol. The van der Waals surface area contributed by atoms with E-state index in [-0.39, 0.29) is 17.1 Å². The van der Waals surface area contributed by atoms with Gasteiger partial charge in [0.1, 0.15) is 11.6 Å². The van der Waals surface area contributed by atoms with Gasteiger partial charge >= 0.3 is 0 Å². The van der Waals surface area contributed by atoms with E-state index in [0.29, 0.717) is 17.4 Å². The van der Waals surface area contributed by atoms with Gasteiger partial charge in [0.05, 0.1) is 22.9 Å². The lowest BCUT2D eigenvalue weighted by molar-refractivity contribution is -0.115. The van der Waals surface area contributed by atoms with Gasteiger partial charge in [0.2, 0.25) is 5.91 Å². The van der Waals surface area contributed by atoms with Gasteiger partial charge in [-0.1, -0.05) is 0 Å². The molecular formula is C20H19FN2O4S2. The number of carbonyl (C=O) groups excluding carboxylic acids is 1. The molecule has 6 nitrogen and oxygen atoms in total. The number of rotatable bonds is 8. The third kappa shape index (κ3) is 5.61. The average Bonchev–Trinajstić information content (AvgIpc) is 3.16. The molecule has 0 spiro atoms. The lowest BCUT2D eigenvalue weighted by Crippen LogP contribution is -2.17. The molecular weight excluding hydrogens is 415 g/mol. The zero-order chi connectivity index (χ0) is 20.9. The summed E-state index contributed by atoms with van der Waals surface area (Å²) in [5, 5.41) is 4.81. The lowest BCUT2D eigenvalue weighted by Gasteiger charge is -2.05. The number of halogens is 1. The molecule has 0 radical (unpaired) electrons. The Balaban J connectivity index is 1.58. The van der Waals surface area contributed by atoms with Crippen LogP contribution in [-0.4, -0.2) is 31.7 Å². The third-order valence-electron chi connectivity index (χ3n) is 3.98. The lowest BCUT2D eigenvalue weighted by atomic mass is 10.2. The summed E-state index contributed by atoms with van der Waals surface area (Å²) in [6, 6.07) is 12.0. The van der Waals surface area contributed by atoms with Gasteiger partial charge in [0.25, 0.3) is 0 Å². The van der Waals surface area contributed by atoms with Crippen molar-refractivity contribution in [3.8, 4) is 17.0 Å². The number of sulfone groups is 1. The summed E-state index contributed by atoms with van der Waals surface area (Å²) in [6.45, 7) is 2.50. The number of anilines is 1. The predicted molar refractivity (Wildman–Crippen MR) is 110 cm³/mol. The van der Waals surface area contributed by atoms with Crippen molar-refractivity contribution in [2.45, 2.75) is 18.2 Å². The fraction of sp³-hybridized carbons (Fsp3) is 0.200. The largest absolute Gasteiger partial charge is 0.494 e. The highest BCUT2D eigenvalue weighted by atomic mass is 32.2. The maximum Gasteiger partial charge on any atom is 0.227 e. The Morgan fingerprint density at radius 2 is 1.83 bits per heavy atom. The first-order chi connectivity index (χ1) is 13.9. The molecule has 0 unspecified atom stereocenters. The van der Waals surface area contributed by atoms with Crippen LogP contribution in [0.5, 0.6) is 5.75 Å². The number of ether oxygens (including phenoxy) is 1. The molecule has 1 amide bonds. The van der Waals surface area contributed by atoms with Crippen molar-refractivity contribution in [1.82, 2.24) is 4.98 Å². The summed E-state index contributed by atoms with van der Waals surface area (Å²) in [6.07, 6.45) is -0.225. The Morgan fingerprint density at radius 1 is 1.14 bits per heavy atom. The highest BCUT2D eigenvalue weighted by Crippen LogP contribution is 2.26. The van der Waals surface area contributed by atoms with Crippen LogP contribution in [0.15, 0.2) is 58.8 Å². The van der Waals surface area contributed by atoms with Crippen molar-refractivity contribution in [1.29, 1.82) is 0 Å². The van der Waals surface area contributed by atoms with E-state index in [4.69, 9.17) is 4.74 Å². The van der Waals surface area contributed by atoms with Crippen LogP contribution in [0.25, 0.3) is 11.3 Å². The topological polar surface area (TPSA) is 85.4 Å². The Morgan fingerprint density at radius 3 is 2.48 bits per heavy atom. The molecule has 9 heteroatoms. The Kier molecular flexibility index (Phi) is 6.60. The number of nitrogens with zero attached hydrogens (tertiary/aromatic N) is 1. The van der Waals surface area contributed by atoms with Crippen LogP contribution in [-0.2, 0) is 14.6 Å². The maximum absolute atomic E-state index is 12.9. The smallest absolute Gasteiger partial charge is 0.227 e. The zero-order valence-electron chi connectivity index (χ0n) is 15.6. The minimum absolute atomic E-state index is 0.0151. The second-order valence-corrected chi connectivity index (χ2v) is 9.03. The van der Waals surface area contributed by atoms with E-state index in [1.54, 1.807) is 5.38 Å². The number of amides is 1. The minimum atomic E-state index is -3.67. The van der Waals surface area contributed by atoms with Crippen molar-refractivity contribution >= 4 is 32.2 Å². The molecule has 1 N–H and O–H groups in total. The molecule has 29 heavy (non-hydrogen) atoms. The van der Waals surface area contributed by atoms with Crippen LogP contribution in [0.1, 0.15) is 13.3 Å². The van der Waals surface area contributed by atoms with Crippen LogP contribution < -0.4 is 10.1 Å².